The van der Waals surface area contributed by atoms with Gasteiger partial charge in [-0.1, -0.05) is 75.3 Å². The molecule has 35 heavy (non-hydrogen) atoms. The minimum Gasteiger partial charge on any atom is -0.444 e. The number of hydrogen-bond donors (Lipinski definition) is 2. The fourth-order valence-electron chi connectivity index (χ4n) is 5.53. The molecular weight excluding hydrogens is 454 g/mol. The van der Waals surface area contributed by atoms with Crippen LogP contribution in [0.15, 0.2) is 12.7 Å². The van der Waals surface area contributed by atoms with Gasteiger partial charge in [0.05, 0.1) is 12.1 Å². The van der Waals surface area contributed by atoms with Crippen LogP contribution in [0.1, 0.15) is 109 Å². The van der Waals surface area contributed by atoms with Gasteiger partial charge in [-0.2, -0.15) is 0 Å². The van der Waals surface area contributed by atoms with E-state index >= 15 is 0 Å². The molecule has 0 aromatic carbocycles. The van der Waals surface area contributed by atoms with Crippen LogP contribution in [-0.4, -0.2) is 43.9 Å². The zero-order valence-electron chi connectivity index (χ0n) is 25.3. The van der Waals surface area contributed by atoms with E-state index in [1.165, 1.54) is 0 Å². The third-order valence-electron chi connectivity index (χ3n) is 7.45. The average molecular weight is 514 g/mol. The highest BCUT2D eigenvalue weighted by atomic mass is 28.4. The molecule has 1 amide bonds. The second-order valence-electron chi connectivity index (χ2n) is 13.5. The minimum atomic E-state index is -1.93. The van der Waals surface area contributed by atoms with Gasteiger partial charge < -0.3 is 19.6 Å². The molecule has 0 aliphatic heterocycles. The minimum absolute atomic E-state index is 0.132. The highest BCUT2D eigenvalue weighted by molar-refractivity contribution is 6.77. The summed E-state index contributed by atoms with van der Waals surface area (Å²) in [5, 5.41) is 14.2. The van der Waals surface area contributed by atoms with Crippen LogP contribution < -0.4 is 5.32 Å². The SMILES string of the molecule is C=CC(CC(O)C(CC(C)(C)CCO[Si](C(C)C)(C(C)C)C(C)C)NC(=O)OC(C)(C)C)C(C)C. The van der Waals surface area contributed by atoms with Crippen molar-refractivity contribution in [2.45, 2.75) is 144 Å². The van der Waals surface area contributed by atoms with Gasteiger partial charge in [0.25, 0.3) is 0 Å². The van der Waals surface area contributed by atoms with Gasteiger partial charge in [-0.3, -0.25) is 0 Å². The van der Waals surface area contributed by atoms with E-state index in [-0.39, 0.29) is 11.3 Å². The van der Waals surface area contributed by atoms with Gasteiger partial charge in [0, 0.05) is 6.61 Å². The number of rotatable bonds is 15. The maximum atomic E-state index is 12.6. The standard InChI is InChI=1S/C29H59NO4Si/c1-15-24(20(2)3)18-26(31)25(30-27(32)34-28(10,11)12)19-29(13,14)16-17-33-35(21(4)5,22(6)7)23(8)9/h15,20-26,31H,1,16-19H2,2-14H3,(H,30,32). The molecule has 6 heteroatoms. The number of hydrogen-bond acceptors (Lipinski definition) is 4. The second kappa shape index (κ2) is 14.2. The Morgan fingerprint density at radius 1 is 0.971 bits per heavy atom. The lowest BCUT2D eigenvalue weighted by atomic mass is 9.79. The summed E-state index contributed by atoms with van der Waals surface area (Å²) in [6.45, 7) is 32.7. The number of nitrogens with one attached hydrogen (secondary N) is 1. The maximum Gasteiger partial charge on any atom is 0.407 e. The third-order valence-corrected chi connectivity index (χ3v) is 13.6. The number of aliphatic hydroxyl groups excluding tert-OH is 1. The largest absolute Gasteiger partial charge is 0.444 e. The highest BCUT2D eigenvalue weighted by Gasteiger charge is 2.45. The Hall–Kier alpha value is -0.853. The number of aliphatic hydroxyl groups is 1. The predicted octanol–water partition coefficient (Wildman–Crippen LogP) is 8.09. The van der Waals surface area contributed by atoms with Gasteiger partial charge in [-0.15, -0.1) is 6.58 Å². The lowest BCUT2D eigenvalue weighted by Gasteiger charge is -2.43. The van der Waals surface area contributed by atoms with E-state index < -0.39 is 32.2 Å². The number of amides is 1. The molecule has 3 unspecified atom stereocenters. The van der Waals surface area contributed by atoms with E-state index in [0.29, 0.717) is 42.0 Å². The molecule has 5 nitrogen and oxygen atoms in total. The first-order valence-corrected chi connectivity index (χ1v) is 15.9. The number of ether oxygens (including phenoxy) is 1. The van der Waals surface area contributed by atoms with E-state index in [0.717, 1.165) is 6.42 Å². The summed E-state index contributed by atoms with van der Waals surface area (Å²) in [4.78, 5) is 12.6. The molecule has 0 saturated heterocycles. The lowest BCUT2D eigenvalue weighted by Crippen LogP contribution is -2.49. The molecule has 0 fully saturated rings. The van der Waals surface area contributed by atoms with E-state index in [1.54, 1.807) is 0 Å². The summed E-state index contributed by atoms with van der Waals surface area (Å²) in [6, 6.07) is -0.414. The van der Waals surface area contributed by atoms with Crippen molar-refractivity contribution in [3.05, 3.63) is 12.7 Å². The van der Waals surface area contributed by atoms with Gasteiger partial charge in [-0.05, 0) is 73.9 Å². The topological polar surface area (TPSA) is 67.8 Å². The molecule has 208 valence electrons. The molecule has 0 aromatic rings. The Balaban J connectivity index is 5.57. The Labute approximate surface area is 219 Å². The number of carbonyl (C=O) groups is 1. The maximum absolute atomic E-state index is 12.6. The quantitative estimate of drug-likeness (QED) is 0.171. The molecule has 0 rings (SSSR count). The summed E-state index contributed by atoms with van der Waals surface area (Å²) >= 11 is 0. The van der Waals surface area contributed by atoms with Crippen LogP contribution in [-0.2, 0) is 9.16 Å². The zero-order valence-corrected chi connectivity index (χ0v) is 26.3. The first kappa shape index (κ1) is 34.1. The van der Waals surface area contributed by atoms with Gasteiger partial charge in [-0.25, -0.2) is 4.79 Å². The second-order valence-corrected chi connectivity index (χ2v) is 18.9. The van der Waals surface area contributed by atoms with Crippen molar-refractivity contribution in [1.29, 1.82) is 0 Å². The van der Waals surface area contributed by atoms with Crippen LogP contribution in [0.4, 0.5) is 4.79 Å². The van der Waals surface area contributed by atoms with Crippen LogP contribution in [0.5, 0.6) is 0 Å². The summed E-state index contributed by atoms with van der Waals surface area (Å²) < 4.78 is 12.3. The first-order valence-electron chi connectivity index (χ1n) is 13.7. The molecule has 0 aliphatic rings. The number of alkyl carbamates (subject to hydrolysis) is 1. The van der Waals surface area contributed by atoms with E-state index in [4.69, 9.17) is 9.16 Å². The summed E-state index contributed by atoms with van der Waals surface area (Å²) in [5.41, 5.74) is 0.902. The molecule has 0 bridgehead atoms. The molecule has 0 aliphatic carbocycles. The highest BCUT2D eigenvalue weighted by Crippen LogP contribution is 2.43. The monoisotopic (exact) mass is 513 g/mol. The van der Waals surface area contributed by atoms with Crippen LogP contribution in [0, 0.1) is 17.3 Å². The molecular formula is C29H59NO4Si. The Kier molecular flexibility index (Phi) is 13.8. The summed E-state index contributed by atoms with van der Waals surface area (Å²) in [5.74, 6) is 0.543. The molecule has 0 radical (unpaired) electrons. The van der Waals surface area contributed by atoms with Crippen molar-refractivity contribution >= 4 is 14.4 Å². The molecule has 0 aromatic heterocycles. The smallest absolute Gasteiger partial charge is 0.407 e. The van der Waals surface area contributed by atoms with Crippen LogP contribution in [0.25, 0.3) is 0 Å². The summed E-state index contributed by atoms with van der Waals surface area (Å²) in [6.07, 6.45) is 2.78. The van der Waals surface area contributed by atoms with Crippen molar-refractivity contribution in [3.63, 3.8) is 0 Å². The molecule has 3 atom stereocenters. The Bertz CT molecular complexity index is 615. The fourth-order valence-corrected chi connectivity index (χ4v) is 11.0. The Morgan fingerprint density at radius 2 is 1.46 bits per heavy atom. The van der Waals surface area contributed by atoms with Crippen LogP contribution >= 0.6 is 0 Å². The van der Waals surface area contributed by atoms with Crippen molar-refractivity contribution in [2.75, 3.05) is 6.61 Å². The summed E-state index contributed by atoms with van der Waals surface area (Å²) in [7, 11) is -1.93. The zero-order chi connectivity index (χ0) is 27.8. The first-order chi connectivity index (χ1) is 15.8. The van der Waals surface area contributed by atoms with Crippen LogP contribution in [0.2, 0.25) is 16.6 Å². The van der Waals surface area contributed by atoms with E-state index in [2.05, 4.69) is 81.1 Å². The van der Waals surface area contributed by atoms with Crippen LogP contribution in [0.3, 0.4) is 0 Å². The predicted molar refractivity (Wildman–Crippen MR) is 152 cm³/mol. The molecule has 0 heterocycles. The molecule has 0 spiro atoms. The third kappa shape index (κ3) is 11.4. The average Bonchev–Trinajstić information content (AvgIpc) is 2.65. The number of allylic oxidation sites excluding steroid dienone is 1. The lowest BCUT2D eigenvalue weighted by molar-refractivity contribution is 0.0320. The van der Waals surface area contributed by atoms with Gasteiger partial charge in [0.1, 0.15) is 5.60 Å². The number of carbonyl (C=O) groups excluding carboxylic acids is 1. The van der Waals surface area contributed by atoms with Gasteiger partial charge in [0.2, 0.25) is 0 Å². The van der Waals surface area contributed by atoms with Crippen molar-refractivity contribution in [3.8, 4) is 0 Å². The van der Waals surface area contributed by atoms with Gasteiger partial charge >= 0.3 is 6.09 Å². The fraction of sp³-hybridized carbons (Fsp3) is 0.897. The van der Waals surface area contributed by atoms with E-state index in [9.17, 15) is 9.90 Å². The van der Waals surface area contributed by atoms with E-state index in [1.807, 2.05) is 26.8 Å². The normalized spacial score (nSPS) is 16.1. The Morgan fingerprint density at radius 3 is 1.83 bits per heavy atom. The van der Waals surface area contributed by atoms with Crippen molar-refractivity contribution < 1.29 is 19.1 Å². The molecule has 0 saturated carbocycles. The van der Waals surface area contributed by atoms with Crippen molar-refractivity contribution in [2.24, 2.45) is 17.3 Å². The van der Waals surface area contributed by atoms with Gasteiger partial charge in [0.15, 0.2) is 8.32 Å². The molecule has 2 N–H and O–H groups in total. The van der Waals surface area contributed by atoms with Crippen molar-refractivity contribution in [1.82, 2.24) is 5.32 Å².